The standard InChI is InChI=1S/C14H14F2N2O2S/c1-2-21(19,20)18-12-6-4-11(5-7-12)17-14-8-3-10(15)9-13(14)16/h3-9,17-18H,2H2,1H3. The summed E-state index contributed by atoms with van der Waals surface area (Å²) >= 11 is 0. The predicted octanol–water partition coefficient (Wildman–Crippen LogP) is 3.47. The van der Waals surface area contributed by atoms with E-state index in [1.807, 2.05) is 0 Å². The summed E-state index contributed by atoms with van der Waals surface area (Å²) < 4.78 is 51.5. The fourth-order valence-corrected chi connectivity index (χ4v) is 2.26. The summed E-state index contributed by atoms with van der Waals surface area (Å²) in [4.78, 5) is 0. The van der Waals surface area contributed by atoms with Crippen LogP contribution >= 0.6 is 0 Å². The van der Waals surface area contributed by atoms with E-state index in [0.717, 1.165) is 12.1 Å². The summed E-state index contributed by atoms with van der Waals surface area (Å²) in [7, 11) is -3.33. The maximum absolute atomic E-state index is 13.5. The Morgan fingerprint density at radius 3 is 2.19 bits per heavy atom. The van der Waals surface area contributed by atoms with Gasteiger partial charge in [-0.1, -0.05) is 0 Å². The highest BCUT2D eigenvalue weighted by atomic mass is 32.2. The van der Waals surface area contributed by atoms with E-state index in [0.29, 0.717) is 11.4 Å². The molecule has 0 amide bonds. The molecule has 0 aliphatic rings. The zero-order valence-corrected chi connectivity index (χ0v) is 12.0. The van der Waals surface area contributed by atoms with Gasteiger partial charge in [-0.3, -0.25) is 4.72 Å². The fourth-order valence-electron chi connectivity index (χ4n) is 1.62. The van der Waals surface area contributed by atoms with Crippen LogP contribution in [0.2, 0.25) is 0 Å². The molecule has 112 valence electrons. The van der Waals surface area contributed by atoms with Crippen molar-refractivity contribution >= 4 is 27.1 Å². The average Bonchev–Trinajstić information content (AvgIpc) is 2.44. The van der Waals surface area contributed by atoms with Crippen LogP contribution in [0.25, 0.3) is 0 Å². The van der Waals surface area contributed by atoms with Crippen molar-refractivity contribution in [1.82, 2.24) is 0 Å². The lowest BCUT2D eigenvalue weighted by molar-refractivity contribution is 0.586. The van der Waals surface area contributed by atoms with Gasteiger partial charge in [0.15, 0.2) is 0 Å². The molecule has 0 aliphatic heterocycles. The van der Waals surface area contributed by atoms with Gasteiger partial charge in [0, 0.05) is 17.4 Å². The highest BCUT2D eigenvalue weighted by Gasteiger charge is 2.07. The third kappa shape index (κ3) is 4.16. The average molecular weight is 312 g/mol. The lowest BCUT2D eigenvalue weighted by Gasteiger charge is -2.09. The molecule has 0 bridgehead atoms. The van der Waals surface area contributed by atoms with Crippen molar-refractivity contribution in [2.45, 2.75) is 6.92 Å². The zero-order valence-electron chi connectivity index (χ0n) is 11.2. The highest BCUT2D eigenvalue weighted by Crippen LogP contribution is 2.22. The van der Waals surface area contributed by atoms with Gasteiger partial charge in [0.05, 0.1) is 11.4 Å². The molecule has 0 saturated heterocycles. The number of rotatable bonds is 5. The van der Waals surface area contributed by atoms with Gasteiger partial charge < -0.3 is 5.32 Å². The van der Waals surface area contributed by atoms with Crippen LogP contribution in [0.15, 0.2) is 42.5 Å². The fraction of sp³-hybridized carbons (Fsp3) is 0.143. The molecule has 0 radical (unpaired) electrons. The maximum Gasteiger partial charge on any atom is 0.232 e. The normalized spacial score (nSPS) is 11.2. The number of sulfonamides is 1. The first kappa shape index (κ1) is 15.2. The second kappa shape index (κ2) is 6.09. The van der Waals surface area contributed by atoms with E-state index < -0.39 is 21.7 Å². The molecule has 0 aliphatic carbocycles. The van der Waals surface area contributed by atoms with Gasteiger partial charge in [-0.15, -0.1) is 0 Å². The van der Waals surface area contributed by atoms with Gasteiger partial charge >= 0.3 is 0 Å². The molecule has 0 saturated carbocycles. The van der Waals surface area contributed by atoms with E-state index in [9.17, 15) is 17.2 Å². The minimum Gasteiger partial charge on any atom is -0.353 e. The molecule has 0 heterocycles. The molecule has 0 unspecified atom stereocenters. The van der Waals surface area contributed by atoms with Crippen molar-refractivity contribution in [1.29, 1.82) is 0 Å². The molecular formula is C14H14F2N2O2S. The van der Waals surface area contributed by atoms with Crippen molar-refractivity contribution in [3.63, 3.8) is 0 Å². The summed E-state index contributed by atoms with van der Waals surface area (Å²) in [5.74, 6) is -1.37. The van der Waals surface area contributed by atoms with Crippen LogP contribution in [0.3, 0.4) is 0 Å². The molecule has 2 aromatic carbocycles. The zero-order chi connectivity index (χ0) is 15.5. The largest absolute Gasteiger partial charge is 0.353 e. The van der Waals surface area contributed by atoms with E-state index in [-0.39, 0.29) is 11.4 Å². The van der Waals surface area contributed by atoms with Crippen LogP contribution in [0, 0.1) is 11.6 Å². The Kier molecular flexibility index (Phi) is 4.42. The molecule has 0 spiro atoms. The van der Waals surface area contributed by atoms with Crippen LogP contribution in [0.5, 0.6) is 0 Å². The maximum atomic E-state index is 13.5. The summed E-state index contributed by atoms with van der Waals surface area (Å²) in [6, 6.07) is 9.51. The van der Waals surface area contributed by atoms with E-state index >= 15 is 0 Å². The van der Waals surface area contributed by atoms with E-state index in [4.69, 9.17) is 0 Å². The van der Waals surface area contributed by atoms with Crippen LogP contribution in [-0.4, -0.2) is 14.2 Å². The Balaban J connectivity index is 2.12. The van der Waals surface area contributed by atoms with Crippen molar-refractivity contribution in [3.05, 3.63) is 54.1 Å². The third-order valence-corrected chi connectivity index (χ3v) is 4.06. The SMILES string of the molecule is CCS(=O)(=O)Nc1ccc(Nc2ccc(F)cc2F)cc1. The van der Waals surface area contributed by atoms with Crippen LogP contribution in [0.1, 0.15) is 6.92 Å². The Morgan fingerprint density at radius 1 is 1.00 bits per heavy atom. The Morgan fingerprint density at radius 2 is 1.62 bits per heavy atom. The lowest BCUT2D eigenvalue weighted by atomic mass is 10.2. The summed E-state index contributed by atoms with van der Waals surface area (Å²) in [6.45, 7) is 1.54. The predicted molar refractivity (Wildman–Crippen MR) is 79.2 cm³/mol. The monoisotopic (exact) mass is 312 g/mol. The van der Waals surface area contributed by atoms with Crippen LogP contribution < -0.4 is 10.0 Å². The van der Waals surface area contributed by atoms with Crippen molar-refractivity contribution in [2.75, 3.05) is 15.8 Å². The van der Waals surface area contributed by atoms with Gasteiger partial charge in [-0.05, 0) is 43.3 Å². The Labute approximate surface area is 121 Å². The number of benzene rings is 2. The van der Waals surface area contributed by atoms with E-state index in [1.165, 1.54) is 13.0 Å². The van der Waals surface area contributed by atoms with Gasteiger partial charge in [-0.25, -0.2) is 17.2 Å². The molecule has 0 fully saturated rings. The molecule has 2 N–H and O–H groups in total. The molecule has 0 aromatic heterocycles. The van der Waals surface area contributed by atoms with Gasteiger partial charge in [0.25, 0.3) is 0 Å². The number of nitrogens with one attached hydrogen (secondary N) is 2. The van der Waals surface area contributed by atoms with Crippen molar-refractivity contribution in [3.8, 4) is 0 Å². The molecule has 21 heavy (non-hydrogen) atoms. The smallest absolute Gasteiger partial charge is 0.232 e. The molecular weight excluding hydrogens is 298 g/mol. The highest BCUT2D eigenvalue weighted by molar-refractivity contribution is 7.92. The molecule has 7 heteroatoms. The van der Waals surface area contributed by atoms with Crippen molar-refractivity contribution in [2.24, 2.45) is 0 Å². The Bertz CT molecular complexity index is 731. The minimum absolute atomic E-state index is 0.0200. The summed E-state index contributed by atoms with van der Waals surface area (Å²) in [6.07, 6.45) is 0. The second-order valence-corrected chi connectivity index (χ2v) is 6.34. The van der Waals surface area contributed by atoms with Crippen molar-refractivity contribution < 1.29 is 17.2 Å². The first-order chi connectivity index (χ1) is 9.89. The molecule has 0 atom stereocenters. The second-order valence-electron chi connectivity index (χ2n) is 4.33. The van der Waals surface area contributed by atoms with Gasteiger partial charge in [0.1, 0.15) is 11.6 Å². The first-order valence-corrected chi connectivity index (χ1v) is 7.87. The number of hydrogen-bond acceptors (Lipinski definition) is 3. The third-order valence-electron chi connectivity index (χ3n) is 2.75. The number of anilines is 3. The molecule has 2 rings (SSSR count). The van der Waals surface area contributed by atoms with Gasteiger partial charge in [-0.2, -0.15) is 0 Å². The number of hydrogen-bond donors (Lipinski definition) is 2. The van der Waals surface area contributed by atoms with Crippen LogP contribution in [0.4, 0.5) is 25.8 Å². The lowest BCUT2D eigenvalue weighted by Crippen LogP contribution is -2.14. The first-order valence-electron chi connectivity index (χ1n) is 6.22. The van der Waals surface area contributed by atoms with Gasteiger partial charge in [0.2, 0.25) is 10.0 Å². The van der Waals surface area contributed by atoms with E-state index in [1.54, 1.807) is 24.3 Å². The Hall–Kier alpha value is -2.15. The molecule has 4 nitrogen and oxygen atoms in total. The minimum atomic E-state index is -3.33. The summed E-state index contributed by atoms with van der Waals surface area (Å²) in [5.41, 5.74) is 1.11. The quantitative estimate of drug-likeness (QED) is 0.889. The van der Waals surface area contributed by atoms with E-state index in [2.05, 4.69) is 10.0 Å². The topological polar surface area (TPSA) is 58.2 Å². The molecule has 2 aromatic rings. The summed E-state index contributed by atoms with van der Waals surface area (Å²) in [5, 5.41) is 2.78. The van der Waals surface area contributed by atoms with Crippen LogP contribution in [-0.2, 0) is 10.0 Å². The number of halogens is 2.